The average molecular weight is 347 g/mol. The lowest BCUT2D eigenvalue weighted by Crippen LogP contribution is -2.46. The highest BCUT2D eigenvalue weighted by Crippen LogP contribution is 2.36. The number of morpholine rings is 1. The fourth-order valence-electron chi connectivity index (χ4n) is 3.83. The SMILES string of the molecule is COc1ccc2c(c1)CCC[C@@H]2CC(=O)N1CCO[C@@H](CC(=O)O)C1. The second-order valence-corrected chi connectivity index (χ2v) is 6.79. The topological polar surface area (TPSA) is 76.1 Å². The highest BCUT2D eigenvalue weighted by Gasteiger charge is 2.29. The van der Waals surface area contributed by atoms with Crippen molar-refractivity contribution in [2.45, 2.75) is 44.1 Å². The number of hydrogen-bond donors (Lipinski definition) is 1. The number of carbonyl (C=O) groups is 2. The minimum atomic E-state index is -0.894. The third-order valence-electron chi connectivity index (χ3n) is 5.10. The first-order chi connectivity index (χ1) is 12.1. The molecular formula is C19H25NO5. The number of carboxylic acids is 1. The maximum atomic E-state index is 12.7. The minimum Gasteiger partial charge on any atom is -0.497 e. The largest absolute Gasteiger partial charge is 0.497 e. The second kappa shape index (κ2) is 7.87. The van der Waals surface area contributed by atoms with Crippen molar-refractivity contribution < 1.29 is 24.2 Å². The number of amides is 1. The molecule has 1 amide bonds. The predicted molar refractivity (Wildman–Crippen MR) is 91.9 cm³/mol. The maximum absolute atomic E-state index is 12.7. The number of methoxy groups -OCH3 is 1. The monoisotopic (exact) mass is 347 g/mol. The van der Waals surface area contributed by atoms with Crippen LogP contribution in [-0.2, 0) is 20.7 Å². The first-order valence-corrected chi connectivity index (χ1v) is 8.85. The Kier molecular flexibility index (Phi) is 5.58. The van der Waals surface area contributed by atoms with E-state index in [4.69, 9.17) is 14.6 Å². The van der Waals surface area contributed by atoms with Crippen molar-refractivity contribution in [2.75, 3.05) is 26.8 Å². The standard InChI is InChI=1S/C19H25NO5/c1-24-15-5-6-17-13(9-15)3-2-4-14(17)10-18(21)20-7-8-25-16(12-20)11-19(22)23/h5-6,9,14,16H,2-4,7-8,10-12H2,1H3,(H,22,23)/t14-,16+/m1/s1. The Morgan fingerprint density at radius 3 is 2.96 bits per heavy atom. The van der Waals surface area contributed by atoms with E-state index in [1.807, 2.05) is 6.07 Å². The van der Waals surface area contributed by atoms with Crippen LogP contribution in [0.2, 0.25) is 0 Å². The molecular weight excluding hydrogens is 322 g/mol. The van der Waals surface area contributed by atoms with Crippen LogP contribution < -0.4 is 4.74 Å². The van der Waals surface area contributed by atoms with Gasteiger partial charge in [-0.25, -0.2) is 0 Å². The van der Waals surface area contributed by atoms with Gasteiger partial charge < -0.3 is 19.5 Å². The molecule has 6 heteroatoms. The zero-order valence-electron chi connectivity index (χ0n) is 14.6. The van der Waals surface area contributed by atoms with Gasteiger partial charge in [-0.3, -0.25) is 9.59 Å². The number of fused-ring (bicyclic) bond motifs is 1. The van der Waals surface area contributed by atoms with Crippen molar-refractivity contribution in [3.63, 3.8) is 0 Å². The lowest BCUT2D eigenvalue weighted by atomic mass is 9.80. The summed E-state index contributed by atoms with van der Waals surface area (Å²) in [5, 5.41) is 8.91. The van der Waals surface area contributed by atoms with Crippen LogP contribution in [-0.4, -0.2) is 54.8 Å². The number of benzene rings is 1. The Hall–Kier alpha value is -2.08. The van der Waals surface area contributed by atoms with Gasteiger partial charge in [-0.05, 0) is 48.4 Å². The predicted octanol–water partition coefficient (Wildman–Crippen LogP) is 2.21. The Morgan fingerprint density at radius 1 is 1.36 bits per heavy atom. The summed E-state index contributed by atoms with van der Waals surface area (Å²) in [4.78, 5) is 25.3. The van der Waals surface area contributed by atoms with E-state index >= 15 is 0 Å². The number of nitrogens with zero attached hydrogens (tertiary/aromatic N) is 1. The van der Waals surface area contributed by atoms with Crippen LogP contribution in [0.1, 0.15) is 42.7 Å². The first-order valence-electron chi connectivity index (χ1n) is 8.85. The van der Waals surface area contributed by atoms with Gasteiger partial charge in [-0.2, -0.15) is 0 Å². The summed E-state index contributed by atoms with van der Waals surface area (Å²) in [6.07, 6.45) is 3.11. The number of aliphatic carboxylic acids is 1. The molecule has 2 aliphatic rings. The van der Waals surface area contributed by atoms with Crippen LogP contribution >= 0.6 is 0 Å². The van der Waals surface area contributed by atoms with Gasteiger partial charge in [0.25, 0.3) is 0 Å². The summed E-state index contributed by atoms with van der Waals surface area (Å²) in [7, 11) is 1.66. The number of carbonyl (C=O) groups excluding carboxylic acids is 1. The molecule has 1 saturated heterocycles. The molecule has 0 radical (unpaired) electrons. The van der Waals surface area contributed by atoms with Gasteiger partial charge in [-0.15, -0.1) is 0 Å². The number of carboxylic acid groups (broad SMARTS) is 1. The molecule has 3 rings (SSSR count). The molecule has 1 aliphatic heterocycles. The molecule has 0 spiro atoms. The van der Waals surface area contributed by atoms with Gasteiger partial charge in [0, 0.05) is 19.5 Å². The van der Waals surface area contributed by atoms with Gasteiger partial charge in [0.2, 0.25) is 5.91 Å². The normalized spacial score (nSPS) is 23.0. The zero-order chi connectivity index (χ0) is 17.8. The summed E-state index contributed by atoms with van der Waals surface area (Å²) in [5.74, 6) is 0.278. The fraction of sp³-hybridized carbons (Fsp3) is 0.579. The number of rotatable bonds is 5. The van der Waals surface area contributed by atoms with Crippen LogP contribution in [0.5, 0.6) is 5.75 Å². The minimum absolute atomic E-state index is 0.0597. The number of aryl methyl sites for hydroxylation is 1. The molecule has 1 N–H and O–H groups in total. The summed E-state index contributed by atoms with van der Waals surface area (Å²) in [5.41, 5.74) is 2.52. The van der Waals surface area contributed by atoms with Gasteiger partial charge in [0.15, 0.2) is 0 Å². The van der Waals surface area contributed by atoms with Gasteiger partial charge in [-0.1, -0.05) is 6.07 Å². The highest BCUT2D eigenvalue weighted by molar-refractivity contribution is 5.77. The second-order valence-electron chi connectivity index (χ2n) is 6.79. The molecule has 1 aromatic carbocycles. The Labute approximate surface area is 147 Å². The maximum Gasteiger partial charge on any atom is 0.306 e. The van der Waals surface area contributed by atoms with E-state index < -0.39 is 12.1 Å². The van der Waals surface area contributed by atoms with E-state index in [-0.39, 0.29) is 18.2 Å². The van der Waals surface area contributed by atoms with Gasteiger partial charge >= 0.3 is 5.97 Å². The summed E-state index contributed by atoms with van der Waals surface area (Å²) in [6, 6.07) is 6.11. The smallest absolute Gasteiger partial charge is 0.306 e. The van der Waals surface area contributed by atoms with Crippen LogP contribution in [0, 0.1) is 0 Å². The van der Waals surface area contributed by atoms with Crippen LogP contribution in [0.4, 0.5) is 0 Å². The number of hydrogen-bond acceptors (Lipinski definition) is 4. The molecule has 0 saturated carbocycles. The van der Waals surface area contributed by atoms with E-state index in [0.717, 1.165) is 25.0 Å². The number of ether oxygens (including phenoxy) is 2. The van der Waals surface area contributed by atoms with Crippen molar-refractivity contribution in [3.05, 3.63) is 29.3 Å². The van der Waals surface area contributed by atoms with Crippen molar-refractivity contribution in [1.29, 1.82) is 0 Å². The molecule has 0 bridgehead atoms. The van der Waals surface area contributed by atoms with Crippen LogP contribution in [0.25, 0.3) is 0 Å². The summed E-state index contributed by atoms with van der Waals surface area (Å²) in [6.45, 7) is 1.31. The van der Waals surface area contributed by atoms with E-state index in [2.05, 4.69) is 12.1 Å². The average Bonchev–Trinajstić information content (AvgIpc) is 2.61. The van der Waals surface area contributed by atoms with Crippen molar-refractivity contribution >= 4 is 11.9 Å². The fourth-order valence-corrected chi connectivity index (χ4v) is 3.83. The van der Waals surface area contributed by atoms with E-state index in [1.165, 1.54) is 11.1 Å². The first kappa shape index (κ1) is 17.7. The Balaban J connectivity index is 1.65. The molecule has 25 heavy (non-hydrogen) atoms. The molecule has 1 aromatic rings. The van der Waals surface area contributed by atoms with Crippen molar-refractivity contribution in [1.82, 2.24) is 4.90 Å². The summed E-state index contributed by atoms with van der Waals surface area (Å²) >= 11 is 0. The van der Waals surface area contributed by atoms with Gasteiger partial charge in [0.05, 0.1) is 26.2 Å². The van der Waals surface area contributed by atoms with Crippen LogP contribution in [0.3, 0.4) is 0 Å². The van der Waals surface area contributed by atoms with E-state index in [0.29, 0.717) is 26.1 Å². The molecule has 136 valence electrons. The third-order valence-corrected chi connectivity index (χ3v) is 5.10. The van der Waals surface area contributed by atoms with Crippen molar-refractivity contribution in [3.8, 4) is 5.75 Å². The Morgan fingerprint density at radius 2 is 2.20 bits per heavy atom. The van der Waals surface area contributed by atoms with Crippen molar-refractivity contribution in [2.24, 2.45) is 0 Å². The molecule has 1 fully saturated rings. The molecule has 0 unspecified atom stereocenters. The molecule has 2 atom stereocenters. The molecule has 1 heterocycles. The third kappa shape index (κ3) is 4.31. The van der Waals surface area contributed by atoms with Crippen LogP contribution in [0.15, 0.2) is 18.2 Å². The zero-order valence-corrected chi connectivity index (χ0v) is 14.6. The lowest BCUT2D eigenvalue weighted by molar-refractivity contribution is -0.147. The van der Waals surface area contributed by atoms with E-state index in [1.54, 1.807) is 12.0 Å². The van der Waals surface area contributed by atoms with E-state index in [9.17, 15) is 9.59 Å². The highest BCUT2D eigenvalue weighted by atomic mass is 16.5. The lowest BCUT2D eigenvalue weighted by Gasteiger charge is -2.34. The quantitative estimate of drug-likeness (QED) is 0.884. The Bertz CT molecular complexity index is 645. The van der Waals surface area contributed by atoms with Gasteiger partial charge in [0.1, 0.15) is 5.75 Å². The molecule has 6 nitrogen and oxygen atoms in total. The molecule has 0 aromatic heterocycles. The summed E-state index contributed by atoms with van der Waals surface area (Å²) < 4.78 is 10.8. The molecule has 1 aliphatic carbocycles.